The molecule has 1 heterocycles. The zero-order chi connectivity index (χ0) is 11.8. The predicted octanol–water partition coefficient (Wildman–Crippen LogP) is 3.11. The first-order chi connectivity index (χ1) is 7.41. The number of ether oxygens (including phenoxy) is 1. The van der Waals surface area contributed by atoms with E-state index in [-0.39, 0.29) is 5.60 Å². The third-order valence-corrected chi connectivity index (χ3v) is 4.06. The molecule has 0 aromatic rings. The Morgan fingerprint density at radius 2 is 1.94 bits per heavy atom. The zero-order valence-corrected chi connectivity index (χ0v) is 11.3. The molecule has 1 aliphatic heterocycles. The SMILES string of the molecule is CC(C)NCC1(CC2CCC(C)(C)O2)CC1. The quantitative estimate of drug-likeness (QED) is 0.776. The summed E-state index contributed by atoms with van der Waals surface area (Å²) in [5.74, 6) is 0. The molecule has 1 saturated heterocycles. The van der Waals surface area contributed by atoms with E-state index in [0.717, 1.165) is 0 Å². The fraction of sp³-hybridized carbons (Fsp3) is 1.00. The normalized spacial score (nSPS) is 30.9. The van der Waals surface area contributed by atoms with Gasteiger partial charge in [-0.05, 0) is 51.4 Å². The van der Waals surface area contributed by atoms with Crippen LogP contribution >= 0.6 is 0 Å². The van der Waals surface area contributed by atoms with Gasteiger partial charge in [-0.1, -0.05) is 13.8 Å². The summed E-state index contributed by atoms with van der Waals surface area (Å²) in [6.45, 7) is 10.1. The smallest absolute Gasteiger partial charge is 0.0631 e. The average molecular weight is 225 g/mol. The highest BCUT2D eigenvalue weighted by Crippen LogP contribution is 2.51. The van der Waals surface area contributed by atoms with Crippen LogP contribution in [0.3, 0.4) is 0 Å². The van der Waals surface area contributed by atoms with Gasteiger partial charge >= 0.3 is 0 Å². The van der Waals surface area contributed by atoms with Gasteiger partial charge in [-0.15, -0.1) is 0 Å². The maximum atomic E-state index is 6.10. The molecule has 2 fully saturated rings. The lowest BCUT2D eigenvalue weighted by molar-refractivity contribution is -0.0264. The summed E-state index contributed by atoms with van der Waals surface area (Å²) >= 11 is 0. The number of hydrogen-bond donors (Lipinski definition) is 1. The topological polar surface area (TPSA) is 21.3 Å². The average Bonchev–Trinajstić information content (AvgIpc) is 2.84. The maximum absolute atomic E-state index is 6.10. The van der Waals surface area contributed by atoms with Crippen LogP contribution in [0.25, 0.3) is 0 Å². The molecule has 1 aliphatic carbocycles. The third-order valence-electron chi connectivity index (χ3n) is 4.06. The van der Waals surface area contributed by atoms with Crippen LogP contribution in [0, 0.1) is 5.41 Å². The number of rotatable bonds is 5. The molecule has 94 valence electrons. The van der Waals surface area contributed by atoms with E-state index in [2.05, 4.69) is 33.0 Å². The van der Waals surface area contributed by atoms with Crippen molar-refractivity contribution in [1.82, 2.24) is 5.32 Å². The minimum absolute atomic E-state index is 0.131. The van der Waals surface area contributed by atoms with Crippen LogP contribution in [0.5, 0.6) is 0 Å². The van der Waals surface area contributed by atoms with Gasteiger partial charge in [0.15, 0.2) is 0 Å². The van der Waals surface area contributed by atoms with Gasteiger partial charge < -0.3 is 10.1 Å². The number of nitrogens with one attached hydrogen (secondary N) is 1. The lowest BCUT2D eigenvalue weighted by Crippen LogP contribution is -2.32. The highest BCUT2D eigenvalue weighted by atomic mass is 16.5. The van der Waals surface area contributed by atoms with Gasteiger partial charge in [0, 0.05) is 12.6 Å². The highest BCUT2D eigenvalue weighted by Gasteiger charge is 2.46. The van der Waals surface area contributed by atoms with E-state index in [1.807, 2.05) is 0 Å². The molecule has 2 nitrogen and oxygen atoms in total. The second-order valence-electron chi connectivity index (χ2n) is 6.78. The Balaban J connectivity index is 1.77. The molecule has 1 saturated carbocycles. The first-order valence-electron chi connectivity index (χ1n) is 6.82. The van der Waals surface area contributed by atoms with E-state index in [4.69, 9.17) is 4.74 Å². The largest absolute Gasteiger partial charge is 0.372 e. The summed E-state index contributed by atoms with van der Waals surface area (Å²) in [6, 6.07) is 0.610. The molecule has 2 aliphatic rings. The third kappa shape index (κ3) is 3.21. The van der Waals surface area contributed by atoms with Crippen molar-refractivity contribution in [3.8, 4) is 0 Å². The minimum atomic E-state index is 0.131. The summed E-state index contributed by atoms with van der Waals surface area (Å²) in [6.07, 6.45) is 7.07. The van der Waals surface area contributed by atoms with Crippen LogP contribution in [0.1, 0.15) is 59.8 Å². The van der Waals surface area contributed by atoms with E-state index in [1.54, 1.807) is 0 Å². The minimum Gasteiger partial charge on any atom is -0.372 e. The molecule has 2 rings (SSSR count). The molecule has 1 atom stereocenters. The molecule has 0 aromatic carbocycles. The van der Waals surface area contributed by atoms with Crippen molar-refractivity contribution in [2.24, 2.45) is 5.41 Å². The maximum Gasteiger partial charge on any atom is 0.0631 e. The van der Waals surface area contributed by atoms with Gasteiger partial charge in [0.25, 0.3) is 0 Å². The van der Waals surface area contributed by atoms with Crippen molar-refractivity contribution >= 4 is 0 Å². The van der Waals surface area contributed by atoms with E-state index in [9.17, 15) is 0 Å². The van der Waals surface area contributed by atoms with Crippen LogP contribution < -0.4 is 5.32 Å². The Bertz CT molecular complexity index is 243. The zero-order valence-electron chi connectivity index (χ0n) is 11.3. The second kappa shape index (κ2) is 4.30. The Morgan fingerprint density at radius 3 is 2.38 bits per heavy atom. The highest BCUT2D eigenvalue weighted by molar-refractivity contribution is 4.98. The van der Waals surface area contributed by atoms with Crippen molar-refractivity contribution < 1.29 is 4.74 Å². The fourth-order valence-electron chi connectivity index (χ4n) is 2.75. The fourth-order valence-corrected chi connectivity index (χ4v) is 2.75. The van der Waals surface area contributed by atoms with E-state index >= 15 is 0 Å². The Hall–Kier alpha value is -0.0800. The van der Waals surface area contributed by atoms with Crippen molar-refractivity contribution in [3.63, 3.8) is 0 Å². The van der Waals surface area contributed by atoms with Crippen LogP contribution in [0.4, 0.5) is 0 Å². The molecule has 1 N–H and O–H groups in total. The standard InChI is InChI=1S/C14H27NO/c1-11(2)15-10-14(7-8-14)9-12-5-6-13(3,4)16-12/h11-12,15H,5-10H2,1-4H3. The number of hydrogen-bond acceptors (Lipinski definition) is 2. The van der Waals surface area contributed by atoms with Crippen LogP contribution in [0.15, 0.2) is 0 Å². The molecule has 0 bridgehead atoms. The molecule has 1 unspecified atom stereocenters. The molecule has 0 spiro atoms. The van der Waals surface area contributed by atoms with Gasteiger partial charge in [-0.3, -0.25) is 0 Å². The molecular formula is C14H27NO. The van der Waals surface area contributed by atoms with Crippen LogP contribution in [-0.4, -0.2) is 24.3 Å². The lowest BCUT2D eigenvalue weighted by Gasteiger charge is -2.24. The van der Waals surface area contributed by atoms with Crippen molar-refractivity contribution in [1.29, 1.82) is 0 Å². The molecule has 0 aromatic heterocycles. The van der Waals surface area contributed by atoms with Crippen molar-refractivity contribution in [2.45, 2.75) is 77.5 Å². The molecule has 16 heavy (non-hydrogen) atoms. The van der Waals surface area contributed by atoms with Crippen molar-refractivity contribution in [3.05, 3.63) is 0 Å². The summed E-state index contributed by atoms with van der Waals surface area (Å²) < 4.78 is 6.10. The van der Waals surface area contributed by atoms with E-state index in [0.29, 0.717) is 17.6 Å². The predicted molar refractivity (Wildman–Crippen MR) is 67.6 cm³/mol. The van der Waals surface area contributed by atoms with Crippen molar-refractivity contribution in [2.75, 3.05) is 6.54 Å². The second-order valence-corrected chi connectivity index (χ2v) is 6.78. The Labute approximate surface area is 100 Å². The van der Waals surface area contributed by atoms with Crippen LogP contribution in [0.2, 0.25) is 0 Å². The van der Waals surface area contributed by atoms with Gasteiger partial charge in [-0.2, -0.15) is 0 Å². The Kier molecular flexibility index (Phi) is 3.33. The summed E-state index contributed by atoms with van der Waals surface area (Å²) in [4.78, 5) is 0. The Morgan fingerprint density at radius 1 is 1.25 bits per heavy atom. The summed E-state index contributed by atoms with van der Waals surface area (Å²) in [7, 11) is 0. The van der Waals surface area contributed by atoms with Gasteiger partial charge in [-0.25, -0.2) is 0 Å². The lowest BCUT2D eigenvalue weighted by atomic mass is 9.96. The van der Waals surface area contributed by atoms with Crippen LogP contribution in [-0.2, 0) is 4.74 Å². The summed E-state index contributed by atoms with van der Waals surface area (Å²) in [5.41, 5.74) is 0.710. The van der Waals surface area contributed by atoms with E-state index < -0.39 is 0 Å². The summed E-state index contributed by atoms with van der Waals surface area (Å²) in [5, 5.41) is 3.59. The molecule has 0 radical (unpaired) electrons. The van der Waals surface area contributed by atoms with Gasteiger partial charge in [0.05, 0.1) is 11.7 Å². The van der Waals surface area contributed by atoms with E-state index in [1.165, 1.54) is 38.6 Å². The first kappa shape index (κ1) is 12.4. The molecule has 2 heteroatoms. The van der Waals surface area contributed by atoms with Gasteiger partial charge in [0.1, 0.15) is 0 Å². The van der Waals surface area contributed by atoms with Gasteiger partial charge in [0.2, 0.25) is 0 Å². The molecule has 0 amide bonds. The monoisotopic (exact) mass is 225 g/mol. The first-order valence-corrected chi connectivity index (χ1v) is 6.82. The molecular weight excluding hydrogens is 198 g/mol.